The van der Waals surface area contributed by atoms with E-state index < -0.39 is 6.10 Å². The van der Waals surface area contributed by atoms with Crippen LogP contribution in [0, 0.1) is 5.92 Å². The molecule has 5 heteroatoms. The van der Waals surface area contributed by atoms with Crippen molar-refractivity contribution >= 4 is 5.91 Å². The van der Waals surface area contributed by atoms with Gasteiger partial charge in [0.2, 0.25) is 5.91 Å². The molecular formula is C20H30N2O3. The van der Waals surface area contributed by atoms with Gasteiger partial charge in [-0.25, -0.2) is 0 Å². The van der Waals surface area contributed by atoms with E-state index in [0.29, 0.717) is 11.8 Å². The van der Waals surface area contributed by atoms with Crippen molar-refractivity contribution < 1.29 is 14.6 Å². The molecule has 1 saturated heterocycles. The number of hydrogen-bond acceptors (Lipinski definition) is 4. The summed E-state index contributed by atoms with van der Waals surface area (Å²) in [5, 5.41) is 13.2. The van der Waals surface area contributed by atoms with E-state index in [4.69, 9.17) is 4.74 Å². The van der Waals surface area contributed by atoms with E-state index in [9.17, 15) is 9.90 Å². The van der Waals surface area contributed by atoms with Crippen molar-refractivity contribution in [3.05, 3.63) is 29.8 Å². The molecule has 1 amide bonds. The molecule has 1 aliphatic heterocycles. The maximum Gasteiger partial charge on any atom is 0.224 e. The predicted molar refractivity (Wildman–Crippen MR) is 97.5 cm³/mol. The van der Waals surface area contributed by atoms with Crippen LogP contribution in [0.1, 0.15) is 50.2 Å². The van der Waals surface area contributed by atoms with E-state index in [1.165, 1.54) is 32.1 Å². The van der Waals surface area contributed by atoms with Gasteiger partial charge >= 0.3 is 0 Å². The lowest BCUT2D eigenvalue weighted by Gasteiger charge is -2.30. The topological polar surface area (TPSA) is 61.8 Å². The van der Waals surface area contributed by atoms with Crippen LogP contribution < -0.4 is 10.1 Å². The summed E-state index contributed by atoms with van der Waals surface area (Å²) < 4.78 is 5.18. The Balaban J connectivity index is 1.46. The number of ether oxygens (including phenoxy) is 1. The minimum Gasteiger partial charge on any atom is -0.497 e. The van der Waals surface area contributed by atoms with Crippen molar-refractivity contribution in [3.8, 4) is 5.75 Å². The van der Waals surface area contributed by atoms with Crippen LogP contribution in [0.4, 0.5) is 0 Å². The maximum absolute atomic E-state index is 12.5. The van der Waals surface area contributed by atoms with E-state index in [1.807, 2.05) is 18.2 Å². The van der Waals surface area contributed by atoms with Crippen LogP contribution in [-0.2, 0) is 4.79 Å². The Labute approximate surface area is 150 Å². The molecule has 1 aromatic rings. The third kappa shape index (κ3) is 4.73. The van der Waals surface area contributed by atoms with Gasteiger partial charge in [0.1, 0.15) is 5.75 Å². The minimum atomic E-state index is -0.713. The van der Waals surface area contributed by atoms with Gasteiger partial charge in [-0.1, -0.05) is 31.4 Å². The van der Waals surface area contributed by atoms with Gasteiger partial charge in [-0.05, 0) is 43.5 Å². The van der Waals surface area contributed by atoms with Gasteiger partial charge in [-0.3, -0.25) is 9.69 Å². The van der Waals surface area contributed by atoms with Gasteiger partial charge in [0.15, 0.2) is 0 Å². The first-order valence-corrected chi connectivity index (χ1v) is 9.51. The monoisotopic (exact) mass is 346 g/mol. The number of carbonyl (C=O) groups is 1. The lowest BCUT2D eigenvalue weighted by atomic mass is 9.94. The second kappa shape index (κ2) is 8.68. The molecule has 25 heavy (non-hydrogen) atoms. The number of carbonyl (C=O) groups excluding carboxylic acids is 1. The van der Waals surface area contributed by atoms with Crippen LogP contribution >= 0.6 is 0 Å². The molecule has 1 heterocycles. The molecule has 0 bridgehead atoms. The van der Waals surface area contributed by atoms with Crippen molar-refractivity contribution in [2.45, 2.75) is 50.7 Å². The van der Waals surface area contributed by atoms with Crippen molar-refractivity contribution in [2.75, 3.05) is 26.7 Å². The first kappa shape index (κ1) is 18.2. The molecule has 1 saturated carbocycles. The number of rotatable bonds is 6. The second-order valence-electron chi connectivity index (χ2n) is 7.31. The smallest absolute Gasteiger partial charge is 0.224 e. The van der Waals surface area contributed by atoms with E-state index in [1.54, 1.807) is 13.2 Å². The predicted octanol–water partition coefficient (Wildman–Crippen LogP) is 2.50. The third-order valence-electron chi connectivity index (χ3n) is 5.63. The van der Waals surface area contributed by atoms with Crippen LogP contribution in [-0.4, -0.2) is 48.7 Å². The molecule has 2 atom stereocenters. The largest absolute Gasteiger partial charge is 0.497 e. The summed E-state index contributed by atoms with van der Waals surface area (Å²) in [7, 11) is 1.60. The summed E-state index contributed by atoms with van der Waals surface area (Å²) in [5.41, 5.74) is 0.759. The SMILES string of the molecule is COc1cccc([C@@H](O)CNC(=O)[C@@H]2CCN(C3CCCCC3)C2)c1. The summed E-state index contributed by atoms with van der Waals surface area (Å²) in [4.78, 5) is 15.0. The summed E-state index contributed by atoms with van der Waals surface area (Å²) in [6.07, 6.45) is 6.78. The Kier molecular flexibility index (Phi) is 6.32. The van der Waals surface area contributed by atoms with E-state index in [0.717, 1.165) is 25.1 Å². The Morgan fingerprint density at radius 3 is 2.88 bits per heavy atom. The lowest BCUT2D eigenvalue weighted by Crippen LogP contribution is -2.38. The van der Waals surface area contributed by atoms with Crippen LogP contribution in [0.2, 0.25) is 0 Å². The number of hydrogen-bond donors (Lipinski definition) is 2. The fourth-order valence-corrected chi connectivity index (χ4v) is 4.09. The van der Waals surface area contributed by atoms with Crippen LogP contribution in [0.3, 0.4) is 0 Å². The van der Waals surface area contributed by atoms with Crippen molar-refractivity contribution in [3.63, 3.8) is 0 Å². The molecule has 138 valence electrons. The number of benzene rings is 1. The number of aliphatic hydroxyl groups excluding tert-OH is 1. The third-order valence-corrected chi connectivity index (χ3v) is 5.63. The summed E-state index contributed by atoms with van der Waals surface area (Å²) >= 11 is 0. The molecule has 5 nitrogen and oxygen atoms in total. The highest BCUT2D eigenvalue weighted by Crippen LogP contribution is 2.28. The highest BCUT2D eigenvalue weighted by molar-refractivity contribution is 5.79. The minimum absolute atomic E-state index is 0.0550. The van der Waals surface area contributed by atoms with Gasteiger partial charge in [-0.15, -0.1) is 0 Å². The molecule has 3 rings (SSSR count). The molecule has 2 aliphatic rings. The fourth-order valence-electron chi connectivity index (χ4n) is 4.09. The van der Waals surface area contributed by atoms with E-state index in [2.05, 4.69) is 10.2 Å². The highest BCUT2D eigenvalue weighted by Gasteiger charge is 2.32. The van der Waals surface area contributed by atoms with Gasteiger partial charge in [0.05, 0.1) is 19.1 Å². The number of amides is 1. The average Bonchev–Trinajstić information content (AvgIpc) is 3.17. The zero-order chi connectivity index (χ0) is 17.6. The molecule has 1 aliphatic carbocycles. The van der Waals surface area contributed by atoms with Gasteiger partial charge in [-0.2, -0.15) is 0 Å². The molecule has 1 aromatic carbocycles. The van der Waals surface area contributed by atoms with Crippen molar-refractivity contribution in [1.29, 1.82) is 0 Å². The van der Waals surface area contributed by atoms with Crippen LogP contribution in [0.25, 0.3) is 0 Å². The molecule has 0 unspecified atom stereocenters. The molecule has 2 N–H and O–H groups in total. The second-order valence-corrected chi connectivity index (χ2v) is 7.31. The zero-order valence-electron chi connectivity index (χ0n) is 15.1. The highest BCUT2D eigenvalue weighted by atomic mass is 16.5. The molecule has 0 spiro atoms. The summed E-state index contributed by atoms with van der Waals surface area (Å²) in [6.45, 7) is 2.14. The van der Waals surface area contributed by atoms with Crippen molar-refractivity contribution in [1.82, 2.24) is 10.2 Å². The molecular weight excluding hydrogens is 316 g/mol. The standard InChI is InChI=1S/C20H30N2O3/c1-25-18-9-5-6-15(12-18)19(23)13-21-20(24)16-10-11-22(14-16)17-7-3-2-4-8-17/h5-6,9,12,16-17,19,23H,2-4,7-8,10-11,13-14H2,1H3,(H,21,24)/t16-,19+/m1/s1. The first-order valence-electron chi connectivity index (χ1n) is 9.51. The van der Waals surface area contributed by atoms with E-state index in [-0.39, 0.29) is 18.4 Å². The number of likely N-dealkylation sites (tertiary alicyclic amines) is 1. The normalized spacial score (nSPS) is 23.4. The first-order chi connectivity index (χ1) is 12.2. The van der Waals surface area contributed by atoms with Gasteiger partial charge in [0, 0.05) is 19.1 Å². The molecule has 2 fully saturated rings. The maximum atomic E-state index is 12.5. The quantitative estimate of drug-likeness (QED) is 0.831. The van der Waals surface area contributed by atoms with E-state index >= 15 is 0 Å². The summed E-state index contributed by atoms with van der Waals surface area (Å²) in [6, 6.07) is 8.01. The Bertz CT molecular complexity index is 572. The van der Waals surface area contributed by atoms with Gasteiger partial charge in [0.25, 0.3) is 0 Å². The van der Waals surface area contributed by atoms with Crippen LogP contribution in [0.5, 0.6) is 5.75 Å². The molecule has 0 aromatic heterocycles. The fraction of sp³-hybridized carbons (Fsp3) is 0.650. The van der Waals surface area contributed by atoms with Crippen molar-refractivity contribution in [2.24, 2.45) is 5.92 Å². The zero-order valence-corrected chi connectivity index (χ0v) is 15.1. The summed E-state index contributed by atoms with van der Waals surface area (Å²) in [5.74, 6) is 0.835. The lowest BCUT2D eigenvalue weighted by molar-refractivity contribution is -0.125. The number of methoxy groups -OCH3 is 1. The number of aliphatic hydroxyl groups is 1. The number of nitrogens with zero attached hydrogens (tertiary/aromatic N) is 1. The average molecular weight is 346 g/mol. The Morgan fingerprint density at radius 2 is 2.12 bits per heavy atom. The Hall–Kier alpha value is -1.59. The van der Waals surface area contributed by atoms with Gasteiger partial charge < -0.3 is 15.2 Å². The number of nitrogens with one attached hydrogen (secondary N) is 1. The van der Waals surface area contributed by atoms with Crippen LogP contribution in [0.15, 0.2) is 24.3 Å². The molecule has 0 radical (unpaired) electrons. The Morgan fingerprint density at radius 1 is 1.32 bits per heavy atom.